The van der Waals surface area contributed by atoms with E-state index in [2.05, 4.69) is 20.8 Å². The lowest BCUT2D eigenvalue weighted by Crippen LogP contribution is -2.39. The Hall–Kier alpha value is -0.160. The molecule has 1 saturated heterocycles. The first-order valence-electron chi connectivity index (χ1n) is 5.57. The maximum atomic E-state index is 13.3. The molecule has 1 aliphatic heterocycles. The molecule has 5 heteroatoms. The number of benzene rings is 1. The molecule has 0 bridgehead atoms. The van der Waals surface area contributed by atoms with E-state index in [0.717, 1.165) is 38.0 Å². The predicted molar refractivity (Wildman–Crippen MR) is 73.8 cm³/mol. The van der Waals surface area contributed by atoms with Crippen molar-refractivity contribution in [2.75, 3.05) is 13.1 Å². The molecular weight excluding hydrogens is 307 g/mol. The van der Waals surface area contributed by atoms with Crippen LogP contribution in [-0.4, -0.2) is 24.0 Å². The molecule has 1 heterocycles. The summed E-state index contributed by atoms with van der Waals surface area (Å²) >= 11 is 3.16. The molecule has 1 aliphatic rings. The summed E-state index contributed by atoms with van der Waals surface area (Å²) in [4.78, 5) is 2.33. The lowest BCUT2D eigenvalue weighted by molar-refractivity contribution is 0.205. The minimum atomic E-state index is -0.189. The Labute approximate surface area is 116 Å². The van der Waals surface area contributed by atoms with Crippen LogP contribution in [-0.2, 0) is 6.54 Å². The Morgan fingerprint density at radius 3 is 2.59 bits per heavy atom. The van der Waals surface area contributed by atoms with Crippen molar-refractivity contribution in [3.63, 3.8) is 0 Å². The number of hydrogen-bond acceptors (Lipinski definition) is 2. The molecule has 0 aliphatic carbocycles. The Balaban J connectivity index is 0.00000144. The lowest BCUT2D eigenvalue weighted by Gasteiger charge is -2.30. The standard InChI is InChI=1S/C12H16BrFN2.ClH/c13-11-2-1-9(7-12(11)14)8-16-5-3-10(15)4-6-16;/h1-2,7,10H,3-6,8,15H2;1H. The minimum absolute atomic E-state index is 0. The van der Waals surface area contributed by atoms with Crippen molar-refractivity contribution in [2.24, 2.45) is 5.73 Å². The number of piperidine rings is 1. The average Bonchev–Trinajstić information content (AvgIpc) is 2.27. The van der Waals surface area contributed by atoms with Crippen LogP contribution < -0.4 is 5.73 Å². The van der Waals surface area contributed by atoms with Gasteiger partial charge >= 0.3 is 0 Å². The zero-order valence-electron chi connectivity index (χ0n) is 9.53. The van der Waals surface area contributed by atoms with Gasteiger partial charge in [-0.15, -0.1) is 12.4 Å². The smallest absolute Gasteiger partial charge is 0.137 e. The van der Waals surface area contributed by atoms with Crippen molar-refractivity contribution in [3.05, 3.63) is 34.1 Å². The number of rotatable bonds is 2. The van der Waals surface area contributed by atoms with Crippen LogP contribution in [0.25, 0.3) is 0 Å². The quantitative estimate of drug-likeness (QED) is 0.907. The molecule has 2 rings (SSSR count). The first kappa shape index (κ1) is 14.9. The first-order chi connectivity index (χ1) is 7.65. The van der Waals surface area contributed by atoms with Crippen LogP contribution in [0.2, 0.25) is 0 Å². The Kier molecular flexibility index (Phi) is 5.86. The molecule has 2 nitrogen and oxygen atoms in total. The van der Waals surface area contributed by atoms with Gasteiger partial charge < -0.3 is 5.73 Å². The van der Waals surface area contributed by atoms with Crippen molar-refractivity contribution >= 4 is 28.3 Å². The van der Waals surface area contributed by atoms with E-state index in [0.29, 0.717) is 10.5 Å². The fraction of sp³-hybridized carbons (Fsp3) is 0.500. The van der Waals surface area contributed by atoms with Gasteiger partial charge in [-0.1, -0.05) is 6.07 Å². The van der Waals surface area contributed by atoms with Crippen molar-refractivity contribution in [2.45, 2.75) is 25.4 Å². The molecule has 0 saturated carbocycles. The summed E-state index contributed by atoms with van der Waals surface area (Å²) in [7, 11) is 0. The van der Waals surface area contributed by atoms with Gasteiger partial charge in [-0.2, -0.15) is 0 Å². The number of halogens is 3. The van der Waals surface area contributed by atoms with Gasteiger partial charge in [0.15, 0.2) is 0 Å². The number of nitrogens with two attached hydrogens (primary N) is 1. The lowest BCUT2D eigenvalue weighted by atomic mass is 10.1. The van der Waals surface area contributed by atoms with Gasteiger partial charge in [0, 0.05) is 12.6 Å². The van der Waals surface area contributed by atoms with Crippen LogP contribution in [0.15, 0.2) is 22.7 Å². The van der Waals surface area contributed by atoms with Gasteiger partial charge in [0.2, 0.25) is 0 Å². The molecule has 96 valence electrons. The molecule has 0 atom stereocenters. The average molecular weight is 324 g/mol. The van der Waals surface area contributed by atoms with Crippen molar-refractivity contribution in [3.8, 4) is 0 Å². The maximum absolute atomic E-state index is 13.3. The fourth-order valence-corrected chi connectivity index (χ4v) is 2.25. The summed E-state index contributed by atoms with van der Waals surface area (Å²) in [6.07, 6.45) is 2.08. The molecule has 1 fully saturated rings. The molecule has 0 spiro atoms. The summed E-state index contributed by atoms with van der Waals surface area (Å²) in [5, 5.41) is 0. The van der Waals surface area contributed by atoms with Crippen LogP contribution in [0, 0.1) is 5.82 Å². The molecule has 0 radical (unpaired) electrons. The molecule has 1 aromatic rings. The number of likely N-dealkylation sites (tertiary alicyclic amines) is 1. The second-order valence-corrected chi connectivity index (χ2v) is 5.22. The highest BCUT2D eigenvalue weighted by molar-refractivity contribution is 9.10. The molecule has 0 amide bonds. The van der Waals surface area contributed by atoms with E-state index in [-0.39, 0.29) is 18.2 Å². The van der Waals surface area contributed by atoms with Crippen molar-refractivity contribution in [1.29, 1.82) is 0 Å². The van der Waals surface area contributed by atoms with E-state index in [1.54, 1.807) is 12.1 Å². The molecule has 0 unspecified atom stereocenters. The normalized spacial score (nSPS) is 17.8. The zero-order chi connectivity index (χ0) is 11.5. The van der Waals surface area contributed by atoms with E-state index < -0.39 is 0 Å². The third kappa shape index (κ3) is 4.21. The Morgan fingerprint density at radius 1 is 1.35 bits per heavy atom. The largest absolute Gasteiger partial charge is 0.328 e. The van der Waals surface area contributed by atoms with E-state index in [4.69, 9.17) is 5.73 Å². The van der Waals surface area contributed by atoms with Gasteiger partial charge in [0.25, 0.3) is 0 Å². The van der Waals surface area contributed by atoms with Crippen LogP contribution >= 0.6 is 28.3 Å². The fourth-order valence-electron chi connectivity index (χ4n) is 2.01. The van der Waals surface area contributed by atoms with E-state index in [9.17, 15) is 4.39 Å². The van der Waals surface area contributed by atoms with E-state index >= 15 is 0 Å². The van der Waals surface area contributed by atoms with Crippen LogP contribution in [0.4, 0.5) is 4.39 Å². The molecule has 0 aromatic heterocycles. The molecule has 17 heavy (non-hydrogen) atoms. The van der Waals surface area contributed by atoms with Crippen molar-refractivity contribution in [1.82, 2.24) is 4.90 Å². The summed E-state index contributed by atoms with van der Waals surface area (Å²) in [5.41, 5.74) is 6.87. The van der Waals surface area contributed by atoms with Crippen LogP contribution in [0.1, 0.15) is 18.4 Å². The molecular formula is C12H17BrClFN2. The first-order valence-corrected chi connectivity index (χ1v) is 6.36. The van der Waals surface area contributed by atoms with Gasteiger partial charge in [-0.25, -0.2) is 4.39 Å². The topological polar surface area (TPSA) is 29.3 Å². The monoisotopic (exact) mass is 322 g/mol. The minimum Gasteiger partial charge on any atom is -0.328 e. The van der Waals surface area contributed by atoms with Crippen LogP contribution in [0.5, 0.6) is 0 Å². The van der Waals surface area contributed by atoms with Gasteiger partial charge in [0.1, 0.15) is 5.82 Å². The third-order valence-electron chi connectivity index (χ3n) is 3.02. The van der Waals surface area contributed by atoms with E-state index in [1.807, 2.05) is 6.07 Å². The van der Waals surface area contributed by atoms with Gasteiger partial charge in [-0.3, -0.25) is 4.90 Å². The highest BCUT2D eigenvalue weighted by Crippen LogP contribution is 2.18. The Morgan fingerprint density at radius 2 is 2.00 bits per heavy atom. The number of nitrogens with zero attached hydrogens (tertiary/aromatic N) is 1. The Bertz CT molecular complexity index is 368. The number of hydrogen-bond donors (Lipinski definition) is 1. The summed E-state index contributed by atoms with van der Waals surface area (Å²) < 4.78 is 13.8. The summed E-state index contributed by atoms with van der Waals surface area (Å²) in [6, 6.07) is 5.67. The van der Waals surface area contributed by atoms with E-state index in [1.165, 1.54) is 0 Å². The molecule has 2 N–H and O–H groups in total. The second kappa shape index (κ2) is 6.69. The van der Waals surface area contributed by atoms with Gasteiger partial charge in [0.05, 0.1) is 4.47 Å². The SMILES string of the molecule is Cl.NC1CCN(Cc2ccc(Br)c(F)c2)CC1. The highest BCUT2D eigenvalue weighted by Gasteiger charge is 2.16. The second-order valence-electron chi connectivity index (χ2n) is 4.36. The predicted octanol–water partition coefficient (Wildman–Crippen LogP) is 2.93. The summed E-state index contributed by atoms with van der Waals surface area (Å²) in [5.74, 6) is -0.189. The zero-order valence-corrected chi connectivity index (χ0v) is 11.9. The maximum Gasteiger partial charge on any atom is 0.137 e. The summed E-state index contributed by atoms with van der Waals surface area (Å²) in [6.45, 7) is 2.84. The van der Waals surface area contributed by atoms with Crippen molar-refractivity contribution < 1.29 is 4.39 Å². The van der Waals surface area contributed by atoms with Crippen LogP contribution in [0.3, 0.4) is 0 Å². The molecule has 1 aromatic carbocycles. The highest BCUT2D eigenvalue weighted by atomic mass is 79.9. The third-order valence-corrected chi connectivity index (χ3v) is 3.67. The van der Waals surface area contributed by atoms with Gasteiger partial charge in [-0.05, 0) is 59.6 Å².